The summed E-state index contributed by atoms with van der Waals surface area (Å²) in [5, 5.41) is 9.54. The molecule has 7 nitrogen and oxygen atoms in total. The van der Waals surface area contributed by atoms with Gasteiger partial charge in [-0.1, -0.05) is 6.07 Å². The predicted molar refractivity (Wildman–Crippen MR) is 70.6 cm³/mol. The maximum Gasteiger partial charge on any atom is 0.272 e. The number of hydrogen-bond acceptors (Lipinski definition) is 5. The molecule has 0 radical (unpaired) electrons. The van der Waals surface area contributed by atoms with E-state index in [4.69, 9.17) is 0 Å². The molecule has 0 aliphatic carbocycles. The highest BCUT2D eigenvalue weighted by Crippen LogP contribution is 2.08. The molecule has 0 fully saturated rings. The van der Waals surface area contributed by atoms with Gasteiger partial charge < -0.3 is 10.2 Å². The van der Waals surface area contributed by atoms with Gasteiger partial charge in [0.2, 0.25) is 0 Å². The van der Waals surface area contributed by atoms with Gasteiger partial charge in [0.05, 0.1) is 6.54 Å². The molecule has 100 valence electrons. The lowest BCUT2D eigenvalue weighted by Crippen LogP contribution is -2.27. The van der Waals surface area contributed by atoms with Gasteiger partial charge in [0, 0.05) is 13.6 Å². The van der Waals surface area contributed by atoms with E-state index in [1.54, 1.807) is 24.1 Å². The van der Waals surface area contributed by atoms with Crippen LogP contribution in [-0.4, -0.2) is 44.6 Å². The number of aromatic nitrogens is 4. The molecule has 2 heterocycles. The van der Waals surface area contributed by atoms with Crippen molar-refractivity contribution < 1.29 is 4.79 Å². The Morgan fingerprint density at radius 3 is 3.00 bits per heavy atom. The molecule has 0 saturated heterocycles. The first-order valence-electron chi connectivity index (χ1n) is 6.01. The van der Waals surface area contributed by atoms with E-state index in [1.807, 2.05) is 13.0 Å². The van der Waals surface area contributed by atoms with E-state index < -0.39 is 0 Å². The number of carbonyl (C=O) groups excluding carboxylic acids is 1. The summed E-state index contributed by atoms with van der Waals surface area (Å²) in [6.45, 7) is 3.11. The van der Waals surface area contributed by atoms with Crippen LogP contribution in [0.2, 0.25) is 0 Å². The van der Waals surface area contributed by atoms with Crippen molar-refractivity contribution in [2.45, 2.75) is 13.5 Å². The Kier molecular flexibility index (Phi) is 4.07. The Balaban J connectivity index is 2.08. The maximum absolute atomic E-state index is 12.2. The van der Waals surface area contributed by atoms with Crippen LogP contribution in [0, 0.1) is 0 Å². The molecule has 7 heteroatoms. The van der Waals surface area contributed by atoms with E-state index in [0.717, 1.165) is 6.54 Å². The monoisotopic (exact) mass is 260 g/mol. The summed E-state index contributed by atoms with van der Waals surface area (Å²) >= 11 is 0. The lowest BCUT2D eigenvalue weighted by atomic mass is 10.3. The molecule has 2 aromatic heterocycles. The summed E-state index contributed by atoms with van der Waals surface area (Å²) in [6, 6.07) is 5.33. The maximum atomic E-state index is 12.2. The molecule has 2 N–H and O–H groups in total. The Morgan fingerprint density at radius 1 is 1.47 bits per heavy atom. The third kappa shape index (κ3) is 3.27. The summed E-state index contributed by atoms with van der Waals surface area (Å²) in [5.74, 6) is 1.18. The number of carbonyl (C=O) groups is 1. The van der Waals surface area contributed by atoms with Crippen molar-refractivity contribution in [3.63, 3.8) is 0 Å². The van der Waals surface area contributed by atoms with E-state index in [1.165, 1.54) is 6.33 Å². The highest BCUT2D eigenvalue weighted by Gasteiger charge is 2.14. The van der Waals surface area contributed by atoms with Gasteiger partial charge in [0.25, 0.3) is 5.91 Å². The fraction of sp³-hybridized carbons (Fsp3) is 0.333. The first kappa shape index (κ1) is 13.0. The second-order valence-corrected chi connectivity index (χ2v) is 4.03. The molecule has 2 aromatic rings. The van der Waals surface area contributed by atoms with Crippen molar-refractivity contribution in [1.82, 2.24) is 25.1 Å². The minimum absolute atomic E-state index is 0.156. The van der Waals surface area contributed by atoms with Gasteiger partial charge in [-0.05, 0) is 19.1 Å². The molecule has 0 aromatic carbocycles. The minimum atomic E-state index is -0.156. The van der Waals surface area contributed by atoms with Gasteiger partial charge in [-0.3, -0.25) is 9.89 Å². The van der Waals surface area contributed by atoms with E-state index in [2.05, 4.69) is 25.5 Å². The smallest absolute Gasteiger partial charge is 0.272 e. The average Bonchev–Trinajstić information content (AvgIpc) is 2.91. The molecule has 0 aliphatic heterocycles. The summed E-state index contributed by atoms with van der Waals surface area (Å²) in [7, 11) is 1.70. The predicted octanol–water partition coefficient (Wildman–Crippen LogP) is 0.904. The van der Waals surface area contributed by atoms with Crippen LogP contribution in [0.4, 0.5) is 5.82 Å². The minimum Gasteiger partial charge on any atom is -0.370 e. The highest BCUT2D eigenvalue weighted by atomic mass is 16.2. The van der Waals surface area contributed by atoms with E-state index in [0.29, 0.717) is 23.9 Å². The Hall–Kier alpha value is -2.44. The molecule has 0 aliphatic rings. The first-order chi connectivity index (χ1) is 9.20. The van der Waals surface area contributed by atoms with Crippen LogP contribution < -0.4 is 5.32 Å². The lowest BCUT2D eigenvalue weighted by Gasteiger charge is -2.15. The zero-order valence-electron chi connectivity index (χ0n) is 10.9. The van der Waals surface area contributed by atoms with E-state index >= 15 is 0 Å². The molecule has 0 atom stereocenters. The number of pyridine rings is 1. The first-order valence-corrected chi connectivity index (χ1v) is 6.01. The van der Waals surface area contributed by atoms with Crippen molar-refractivity contribution in [1.29, 1.82) is 0 Å². The van der Waals surface area contributed by atoms with Gasteiger partial charge in [-0.2, -0.15) is 5.10 Å². The summed E-state index contributed by atoms with van der Waals surface area (Å²) in [5.41, 5.74) is 0.403. The van der Waals surface area contributed by atoms with Gasteiger partial charge in [0.1, 0.15) is 23.7 Å². The number of H-pyrrole nitrogens is 1. The van der Waals surface area contributed by atoms with Crippen LogP contribution in [-0.2, 0) is 6.54 Å². The van der Waals surface area contributed by atoms with E-state index in [-0.39, 0.29) is 5.91 Å². The van der Waals surface area contributed by atoms with Crippen molar-refractivity contribution in [2.24, 2.45) is 0 Å². The van der Waals surface area contributed by atoms with Crippen LogP contribution in [0.15, 0.2) is 24.5 Å². The topological polar surface area (TPSA) is 86.8 Å². The number of anilines is 1. The van der Waals surface area contributed by atoms with Crippen LogP contribution in [0.3, 0.4) is 0 Å². The summed E-state index contributed by atoms with van der Waals surface area (Å²) in [4.78, 5) is 22.0. The van der Waals surface area contributed by atoms with Crippen LogP contribution in [0.1, 0.15) is 23.2 Å². The van der Waals surface area contributed by atoms with Crippen LogP contribution in [0.25, 0.3) is 0 Å². The zero-order valence-corrected chi connectivity index (χ0v) is 10.9. The summed E-state index contributed by atoms with van der Waals surface area (Å²) < 4.78 is 0. The fourth-order valence-corrected chi connectivity index (χ4v) is 1.63. The standard InChI is InChI=1S/C12H16N6O/c1-3-13-10-6-4-5-9(16-10)12(19)18(2)7-11-14-8-15-17-11/h4-6,8H,3,7H2,1-2H3,(H,13,16)(H,14,15,17). The number of amides is 1. The number of aromatic amines is 1. The van der Waals surface area contributed by atoms with Crippen molar-refractivity contribution in [2.75, 3.05) is 18.9 Å². The fourth-order valence-electron chi connectivity index (χ4n) is 1.63. The molecule has 0 saturated carbocycles. The second-order valence-electron chi connectivity index (χ2n) is 4.03. The van der Waals surface area contributed by atoms with Crippen molar-refractivity contribution >= 4 is 11.7 Å². The van der Waals surface area contributed by atoms with Gasteiger partial charge >= 0.3 is 0 Å². The molecule has 19 heavy (non-hydrogen) atoms. The van der Waals surface area contributed by atoms with Gasteiger partial charge in [-0.15, -0.1) is 0 Å². The molecule has 2 rings (SSSR count). The number of rotatable bonds is 5. The van der Waals surface area contributed by atoms with Crippen molar-refractivity contribution in [3.05, 3.63) is 36.0 Å². The van der Waals surface area contributed by atoms with Gasteiger partial charge in [0.15, 0.2) is 0 Å². The lowest BCUT2D eigenvalue weighted by molar-refractivity contribution is 0.0776. The summed E-state index contributed by atoms with van der Waals surface area (Å²) in [6.07, 6.45) is 1.41. The SMILES string of the molecule is CCNc1cccc(C(=O)N(C)Cc2ncn[nH]2)n1. The second kappa shape index (κ2) is 5.94. The Bertz CT molecular complexity index is 539. The largest absolute Gasteiger partial charge is 0.370 e. The Morgan fingerprint density at radius 2 is 2.32 bits per heavy atom. The molecule has 1 amide bonds. The van der Waals surface area contributed by atoms with Crippen molar-refractivity contribution in [3.8, 4) is 0 Å². The third-order valence-electron chi connectivity index (χ3n) is 2.52. The highest BCUT2D eigenvalue weighted by molar-refractivity contribution is 5.92. The Labute approximate surface area is 111 Å². The van der Waals surface area contributed by atoms with Crippen LogP contribution in [0.5, 0.6) is 0 Å². The number of hydrogen-bond donors (Lipinski definition) is 2. The quantitative estimate of drug-likeness (QED) is 0.834. The van der Waals surface area contributed by atoms with Gasteiger partial charge in [-0.25, -0.2) is 9.97 Å². The molecular weight excluding hydrogens is 244 g/mol. The normalized spacial score (nSPS) is 10.2. The number of nitrogens with one attached hydrogen (secondary N) is 2. The number of nitrogens with zero attached hydrogens (tertiary/aromatic N) is 4. The zero-order chi connectivity index (χ0) is 13.7. The average molecular weight is 260 g/mol. The molecule has 0 bridgehead atoms. The van der Waals surface area contributed by atoms with E-state index in [9.17, 15) is 4.79 Å². The molecule has 0 spiro atoms. The molecular formula is C12H16N6O. The molecule has 0 unspecified atom stereocenters. The third-order valence-corrected chi connectivity index (χ3v) is 2.52. The van der Waals surface area contributed by atoms with Crippen LogP contribution >= 0.6 is 0 Å².